The Morgan fingerprint density at radius 1 is 1.56 bits per heavy atom. The Bertz CT molecular complexity index is 137. The molecule has 1 fully saturated rings. The van der Waals surface area contributed by atoms with E-state index in [1.807, 2.05) is 6.92 Å². The third kappa shape index (κ3) is 1.52. The number of amides is 1. The number of piperidine rings is 1. The summed E-state index contributed by atoms with van der Waals surface area (Å²) in [5, 5.41) is 2.65. The van der Waals surface area contributed by atoms with Crippen LogP contribution in [-0.4, -0.2) is 17.7 Å². The van der Waals surface area contributed by atoms with Gasteiger partial charge in [0.1, 0.15) is 5.78 Å². The van der Waals surface area contributed by atoms with Gasteiger partial charge in [-0.25, -0.2) is 0 Å². The number of hydrogen-bond acceptors (Lipinski definition) is 2. The van der Waals surface area contributed by atoms with E-state index in [4.69, 9.17) is 0 Å². The van der Waals surface area contributed by atoms with Crippen LogP contribution >= 0.6 is 0 Å². The molecule has 0 aromatic carbocycles. The Kier molecular flexibility index (Phi) is 1.51. The Balaban J connectivity index is 2.53. The zero-order valence-corrected chi connectivity index (χ0v) is 5.31. The molecule has 0 aromatic heterocycles. The second kappa shape index (κ2) is 2.17. The van der Waals surface area contributed by atoms with Crippen molar-refractivity contribution in [3.05, 3.63) is 0 Å². The summed E-state index contributed by atoms with van der Waals surface area (Å²) in [5.41, 5.74) is 0. The van der Waals surface area contributed by atoms with Gasteiger partial charge in [0.05, 0.1) is 6.42 Å². The zero-order chi connectivity index (χ0) is 6.85. The van der Waals surface area contributed by atoms with Crippen molar-refractivity contribution in [3.8, 4) is 0 Å². The van der Waals surface area contributed by atoms with Gasteiger partial charge in [0.15, 0.2) is 0 Å². The van der Waals surface area contributed by atoms with Crippen LogP contribution in [0.2, 0.25) is 0 Å². The second-order valence-electron chi connectivity index (χ2n) is 2.39. The maximum absolute atomic E-state index is 10.6. The van der Waals surface area contributed by atoms with Crippen molar-refractivity contribution in [2.75, 3.05) is 0 Å². The fourth-order valence-corrected chi connectivity index (χ4v) is 0.970. The van der Waals surface area contributed by atoms with Crippen LogP contribution in [0.15, 0.2) is 0 Å². The Morgan fingerprint density at radius 3 is 2.67 bits per heavy atom. The number of rotatable bonds is 0. The molecule has 3 heteroatoms. The van der Waals surface area contributed by atoms with Gasteiger partial charge in [-0.2, -0.15) is 0 Å². The van der Waals surface area contributed by atoms with E-state index in [0.717, 1.165) is 0 Å². The molecule has 1 saturated heterocycles. The van der Waals surface area contributed by atoms with Crippen LogP contribution in [0.3, 0.4) is 0 Å². The van der Waals surface area contributed by atoms with Crippen molar-refractivity contribution >= 4 is 11.7 Å². The minimum Gasteiger partial charge on any atom is -0.353 e. The number of ketones is 1. The van der Waals surface area contributed by atoms with Crippen molar-refractivity contribution in [3.63, 3.8) is 0 Å². The van der Waals surface area contributed by atoms with Gasteiger partial charge in [0, 0.05) is 12.5 Å². The molecule has 1 rings (SSSR count). The summed E-state index contributed by atoms with van der Waals surface area (Å²) in [6, 6.07) is 0.0405. The normalized spacial score (nSPS) is 27.9. The molecule has 1 aliphatic rings. The van der Waals surface area contributed by atoms with Crippen LogP contribution in [0.5, 0.6) is 0 Å². The molecule has 0 saturated carbocycles. The lowest BCUT2D eigenvalue weighted by molar-refractivity contribution is -0.131. The first-order chi connectivity index (χ1) is 4.18. The molecule has 0 bridgehead atoms. The molecular formula is C6H9NO2. The van der Waals surface area contributed by atoms with Crippen molar-refractivity contribution in [1.29, 1.82) is 0 Å². The van der Waals surface area contributed by atoms with Gasteiger partial charge in [0.25, 0.3) is 0 Å². The molecule has 9 heavy (non-hydrogen) atoms. The largest absolute Gasteiger partial charge is 0.353 e. The highest BCUT2D eigenvalue weighted by Gasteiger charge is 2.20. The average molecular weight is 127 g/mol. The monoisotopic (exact) mass is 127 g/mol. The number of hydrogen-bond donors (Lipinski definition) is 1. The topological polar surface area (TPSA) is 46.2 Å². The summed E-state index contributed by atoms with van der Waals surface area (Å²) in [7, 11) is 0. The van der Waals surface area contributed by atoms with Gasteiger partial charge in [-0.3, -0.25) is 9.59 Å². The van der Waals surface area contributed by atoms with Gasteiger partial charge in [-0.15, -0.1) is 0 Å². The summed E-state index contributed by atoms with van der Waals surface area (Å²) in [5.74, 6) is -0.0926. The molecule has 0 spiro atoms. The highest BCUT2D eigenvalue weighted by Crippen LogP contribution is 2.02. The SMILES string of the molecule is C[C@H]1CC(=O)CC(=O)N1. The van der Waals surface area contributed by atoms with E-state index < -0.39 is 0 Å². The second-order valence-corrected chi connectivity index (χ2v) is 2.39. The van der Waals surface area contributed by atoms with Gasteiger partial charge in [-0.05, 0) is 6.92 Å². The average Bonchev–Trinajstić information content (AvgIpc) is 1.59. The molecular weight excluding hydrogens is 118 g/mol. The summed E-state index contributed by atoms with van der Waals surface area (Å²) >= 11 is 0. The molecule has 0 aliphatic carbocycles. The maximum atomic E-state index is 10.6. The van der Waals surface area contributed by atoms with E-state index in [0.29, 0.717) is 6.42 Å². The number of carbonyl (C=O) groups excluding carboxylic acids is 2. The van der Waals surface area contributed by atoms with Gasteiger partial charge in [-0.1, -0.05) is 0 Å². The fraction of sp³-hybridized carbons (Fsp3) is 0.667. The van der Waals surface area contributed by atoms with E-state index in [1.165, 1.54) is 0 Å². The molecule has 0 radical (unpaired) electrons. The van der Waals surface area contributed by atoms with E-state index in [1.54, 1.807) is 0 Å². The van der Waals surface area contributed by atoms with Crippen molar-refractivity contribution in [1.82, 2.24) is 5.32 Å². The molecule has 50 valence electrons. The smallest absolute Gasteiger partial charge is 0.227 e. The van der Waals surface area contributed by atoms with Crippen molar-refractivity contribution in [2.45, 2.75) is 25.8 Å². The van der Waals surface area contributed by atoms with Crippen LogP contribution in [0, 0.1) is 0 Å². The Morgan fingerprint density at radius 2 is 2.22 bits per heavy atom. The lowest BCUT2D eigenvalue weighted by Gasteiger charge is -2.17. The molecule has 3 nitrogen and oxygen atoms in total. The van der Waals surface area contributed by atoms with Crippen LogP contribution in [0.4, 0.5) is 0 Å². The highest BCUT2D eigenvalue weighted by molar-refractivity contribution is 6.00. The minimum atomic E-state index is -0.140. The van der Waals surface area contributed by atoms with E-state index in [2.05, 4.69) is 5.32 Å². The lowest BCUT2D eigenvalue weighted by Crippen LogP contribution is -2.40. The molecule has 1 atom stereocenters. The quantitative estimate of drug-likeness (QED) is 0.460. The molecule has 1 amide bonds. The Hall–Kier alpha value is -0.860. The number of nitrogens with one attached hydrogen (secondary N) is 1. The van der Waals surface area contributed by atoms with Crippen LogP contribution in [0.1, 0.15) is 19.8 Å². The first-order valence-electron chi connectivity index (χ1n) is 2.99. The Labute approximate surface area is 53.4 Å². The fourth-order valence-electron chi connectivity index (χ4n) is 0.970. The first kappa shape index (κ1) is 6.26. The van der Waals surface area contributed by atoms with E-state index >= 15 is 0 Å². The predicted molar refractivity (Wildman–Crippen MR) is 31.8 cm³/mol. The van der Waals surface area contributed by atoms with Crippen LogP contribution in [-0.2, 0) is 9.59 Å². The highest BCUT2D eigenvalue weighted by atomic mass is 16.2. The molecule has 1 heterocycles. The summed E-state index contributed by atoms with van der Waals surface area (Å²) in [4.78, 5) is 21.2. The summed E-state index contributed by atoms with van der Waals surface area (Å²) < 4.78 is 0. The number of carbonyl (C=O) groups is 2. The summed E-state index contributed by atoms with van der Waals surface area (Å²) in [6.45, 7) is 1.83. The standard InChI is InChI=1S/C6H9NO2/c1-4-2-5(8)3-6(9)7-4/h4H,2-3H2,1H3,(H,7,9)/t4-/m0/s1. The van der Waals surface area contributed by atoms with Crippen LogP contribution < -0.4 is 5.32 Å². The third-order valence-corrected chi connectivity index (χ3v) is 1.30. The van der Waals surface area contributed by atoms with Crippen molar-refractivity contribution < 1.29 is 9.59 Å². The third-order valence-electron chi connectivity index (χ3n) is 1.30. The van der Waals surface area contributed by atoms with E-state index in [-0.39, 0.29) is 24.2 Å². The summed E-state index contributed by atoms with van der Waals surface area (Å²) in [6.07, 6.45) is 0.566. The number of Topliss-reactive ketones (excluding diaryl/α,β-unsaturated/α-hetero) is 1. The van der Waals surface area contributed by atoms with Crippen LogP contribution in [0.25, 0.3) is 0 Å². The molecule has 1 N–H and O–H groups in total. The minimum absolute atomic E-state index is 0.0405. The lowest BCUT2D eigenvalue weighted by atomic mass is 10.1. The zero-order valence-electron chi connectivity index (χ0n) is 5.31. The molecule has 0 unspecified atom stereocenters. The van der Waals surface area contributed by atoms with Gasteiger partial charge >= 0.3 is 0 Å². The molecule has 1 aliphatic heterocycles. The van der Waals surface area contributed by atoms with E-state index in [9.17, 15) is 9.59 Å². The van der Waals surface area contributed by atoms with Gasteiger partial charge < -0.3 is 5.32 Å². The first-order valence-corrected chi connectivity index (χ1v) is 2.99. The van der Waals surface area contributed by atoms with Crippen molar-refractivity contribution in [2.24, 2.45) is 0 Å². The molecule has 0 aromatic rings. The maximum Gasteiger partial charge on any atom is 0.227 e. The van der Waals surface area contributed by atoms with Gasteiger partial charge in [0.2, 0.25) is 5.91 Å². The predicted octanol–water partition coefficient (Wildman–Crippen LogP) is -0.146.